The smallest absolute Gasteiger partial charge is 0.416 e. The number of aromatic nitrogens is 1. The van der Waals surface area contributed by atoms with E-state index in [0.29, 0.717) is 35.5 Å². The minimum atomic E-state index is -4.44. The Morgan fingerprint density at radius 2 is 1.68 bits per heavy atom. The number of methoxy groups -OCH3 is 3. The van der Waals surface area contributed by atoms with E-state index in [1.54, 1.807) is 20.3 Å². The van der Waals surface area contributed by atoms with Crippen molar-refractivity contribution in [3.8, 4) is 17.2 Å². The van der Waals surface area contributed by atoms with Crippen LogP contribution in [-0.4, -0.2) is 42.5 Å². The first-order valence-corrected chi connectivity index (χ1v) is 10.9. The molecule has 1 N–H and O–H groups in total. The topological polar surface area (TPSA) is 47.9 Å². The third-order valence-corrected chi connectivity index (χ3v) is 6.08. The number of halogens is 3. The van der Waals surface area contributed by atoms with Crippen LogP contribution < -0.4 is 19.5 Å². The molecule has 2 heterocycles. The standard InChI is InChI=1S/C24H24F3N3O3S/c1-31-19-12-15(13-20(32-2)22(19)33-3)21-18-8-5-9-29(18)10-11-30(21)23(34)28-17-7-4-6-16(14-17)24(25,26)27/h4-9,12-14,21H,10-11H2,1-3H3,(H,28,34)/t21-/m0/s1. The van der Waals surface area contributed by atoms with Gasteiger partial charge in [-0.2, -0.15) is 13.2 Å². The number of ether oxygens (including phenoxy) is 3. The van der Waals surface area contributed by atoms with Gasteiger partial charge in [0.05, 0.1) is 32.9 Å². The molecule has 2 aromatic carbocycles. The van der Waals surface area contributed by atoms with Gasteiger partial charge < -0.3 is 29.0 Å². The lowest BCUT2D eigenvalue weighted by Gasteiger charge is -2.39. The van der Waals surface area contributed by atoms with Gasteiger partial charge in [0, 0.05) is 30.7 Å². The lowest BCUT2D eigenvalue weighted by molar-refractivity contribution is -0.137. The number of rotatable bonds is 5. The van der Waals surface area contributed by atoms with Gasteiger partial charge in [0.1, 0.15) is 0 Å². The quantitative estimate of drug-likeness (QED) is 0.487. The van der Waals surface area contributed by atoms with Crippen LogP contribution in [0, 0.1) is 0 Å². The zero-order valence-corrected chi connectivity index (χ0v) is 19.7. The summed E-state index contributed by atoms with van der Waals surface area (Å²) in [7, 11) is 4.62. The van der Waals surface area contributed by atoms with E-state index in [-0.39, 0.29) is 11.7 Å². The number of benzene rings is 2. The van der Waals surface area contributed by atoms with Crippen molar-refractivity contribution in [3.05, 3.63) is 71.5 Å². The highest BCUT2D eigenvalue weighted by Crippen LogP contribution is 2.43. The summed E-state index contributed by atoms with van der Waals surface area (Å²) in [6.45, 7) is 1.22. The molecule has 0 saturated heterocycles. The van der Waals surface area contributed by atoms with Gasteiger partial charge >= 0.3 is 6.18 Å². The molecule has 1 atom stereocenters. The number of fused-ring (bicyclic) bond motifs is 1. The van der Waals surface area contributed by atoms with E-state index in [0.717, 1.165) is 23.4 Å². The number of thiocarbonyl (C=S) groups is 1. The molecule has 180 valence electrons. The number of hydrogen-bond acceptors (Lipinski definition) is 4. The molecule has 6 nitrogen and oxygen atoms in total. The fourth-order valence-electron chi connectivity index (χ4n) is 4.18. The fraction of sp³-hybridized carbons (Fsp3) is 0.292. The molecule has 0 unspecified atom stereocenters. The van der Waals surface area contributed by atoms with Crippen LogP contribution in [0.15, 0.2) is 54.7 Å². The van der Waals surface area contributed by atoms with Crippen LogP contribution in [0.25, 0.3) is 0 Å². The summed E-state index contributed by atoms with van der Waals surface area (Å²) < 4.78 is 58.1. The molecule has 1 aliphatic rings. The summed E-state index contributed by atoms with van der Waals surface area (Å²) >= 11 is 5.68. The Morgan fingerprint density at radius 3 is 2.29 bits per heavy atom. The molecule has 10 heteroatoms. The Morgan fingerprint density at radius 1 is 0.971 bits per heavy atom. The minimum Gasteiger partial charge on any atom is -0.493 e. The van der Waals surface area contributed by atoms with Gasteiger partial charge in [-0.05, 0) is 60.2 Å². The number of alkyl halides is 3. The van der Waals surface area contributed by atoms with Crippen LogP contribution in [0.2, 0.25) is 0 Å². The summed E-state index contributed by atoms with van der Waals surface area (Å²) in [4.78, 5) is 1.95. The Balaban J connectivity index is 1.73. The lowest BCUT2D eigenvalue weighted by Crippen LogP contribution is -2.44. The van der Waals surface area contributed by atoms with Crippen LogP contribution >= 0.6 is 12.2 Å². The number of hydrogen-bond donors (Lipinski definition) is 1. The van der Waals surface area contributed by atoms with E-state index in [4.69, 9.17) is 26.4 Å². The van der Waals surface area contributed by atoms with Crippen molar-refractivity contribution in [2.45, 2.75) is 18.8 Å². The average molecular weight is 492 g/mol. The summed E-state index contributed by atoms with van der Waals surface area (Å²) in [6, 6.07) is 12.3. The van der Waals surface area contributed by atoms with Gasteiger partial charge in [-0.1, -0.05) is 6.07 Å². The van der Waals surface area contributed by atoms with Crippen molar-refractivity contribution >= 4 is 23.0 Å². The van der Waals surface area contributed by atoms with E-state index >= 15 is 0 Å². The monoisotopic (exact) mass is 491 g/mol. The van der Waals surface area contributed by atoms with E-state index < -0.39 is 11.7 Å². The summed E-state index contributed by atoms with van der Waals surface area (Å²) in [5, 5.41) is 3.30. The SMILES string of the molecule is COc1cc([C@H]2c3cccn3CCN2C(=S)Nc2cccc(C(F)(F)F)c2)cc(OC)c1OC. The predicted octanol–water partition coefficient (Wildman–Crippen LogP) is 5.33. The van der Waals surface area contributed by atoms with E-state index in [1.165, 1.54) is 13.2 Å². The van der Waals surface area contributed by atoms with Crippen molar-refractivity contribution in [1.29, 1.82) is 0 Å². The second-order valence-corrected chi connectivity index (χ2v) is 8.08. The third-order valence-electron chi connectivity index (χ3n) is 5.74. The van der Waals surface area contributed by atoms with Gasteiger partial charge in [-0.15, -0.1) is 0 Å². The Bertz CT molecular complexity index is 1170. The summed E-state index contributed by atoms with van der Waals surface area (Å²) in [6.07, 6.45) is -2.45. The molecule has 0 saturated carbocycles. The highest BCUT2D eigenvalue weighted by molar-refractivity contribution is 7.80. The largest absolute Gasteiger partial charge is 0.493 e. The molecule has 0 amide bonds. The maximum atomic E-state index is 13.2. The van der Waals surface area contributed by atoms with Crippen LogP contribution in [-0.2, 0) is 12.7 Å². The Labute approximate surface area is 200 Å². The lowest BCUT2D eigenvalue weighted by atomic mass is 9.99. The van der Waals surface area contributed by atoms with E-state index in [2.05, 4.69) is 9.88 Å². The van der Waals surface area contributed by atoms with Gasteiger partial charge in [0.15, 0.2) is 16.6 Å². The molecule has 0 aliphatic carbocycles. The first kappa shape index (κ1) is 23.7. The van der Waals surface area contributed by atoms with Crippen LogP contribution in [0.1, 0.15) is 22.9 Å². The molecule has 0 fully saturated rings. The molecule has 1 aliphatic heterocycles. The molecular formula is C24H24F3N3O3S. The Hall–Kier alpha value is -3.40. The molecule has 4 rings (SSSR count). The molecule has 0 bridgehead atoms. The Kier molecular flexibility index (Phi) is 6.60. The summed E-state index contributed by atoms with van der Waals surface area (Å²) in [5.74, 6) is 1.46. The predicted molar refractivity (Wildman–Crippen MR) is 127 cm³/mol. The maximum absolute atomic E-state index is 13.2. The first-order valence-electron chi connectivity index (χ1n) is 10.5. The minimum absolute atomic E-state index is 0.268. The van der Waals surface area contributed by atoms with E-state index in [1.807, 2.05) is 35.4 Å². The molecule has 3 aromatic rings. The molecule has 1 aromatic heterocycles. The van der Waals surface area contributed by atoms with Gasteiger partial charge in [-0.3, -0.25) is 0 Å². The zero-order valence-electron chi connectivity index (χ0n) is 18.8. The van der Waals surface area contributed by atoms with Gasteiger partial charge in [0.25, 0.3) is 0 Å². The summed E-state index contributed by atoms with van der Waals surface area (Å²) in [5.41, 5.74) is 1.34. The number of nitrogens with zero attached hydrogens (tertiary/aromatic N) is 2. The van der Waals surface area contributed by atoms with Gasteiger partial charge in [-0.25, -0.2) is 0 Å². The molecule has 0 radical (unpaired) electrons. The normalized spacial score (nSPS) is 15.5. The molecule has 0 spiro atoms. The van der Waals surface area contributed by atoms with E-state index in [9.17, 15) is 13.2 Å². The van der Waals surface area contributed by atoms with Crippen molar-refractivity contribution in [1.82, 2.24) is 9.47 Å². The fourth-order valence-corrected chi connectivity index (χ4v) is 4.50. The van der Waals surface area contributed by atoms with Crippen molar-refractivity contribution in [3.63, 3.8) is 0 Å². The average Bonchev–Trinajstić information content (AvgIpc) is 3.31. The van der Waals surface area contributed by atoms with Crippen LogP contribution in [0.4, 0.5) is 18.9 Å². The first-order chi connectivity index (χ1) is 16.3. The highest BCUT2D eigenvalue weighted by Gasteiger charge is 2.33. The van der Waals surface area contributed by atoms with Crippen LogP contribution in [0.3, 0.4) is 0 Å². The van der Waals surface area contributed by atoms with Gasteiger partial charge in [0.2, 0.25) is 5.75 Å². The van der Waals surface area contributed by atoms with Crippen molar-refractivity contribution in [2.75, 3.05) is 33.2 Å². The highest BCUT2D eigenvalue weighted by atomic mass is 32.1. The number of nitrogens with one attached hydrogen (secondary N) is 1. The van der Waals surface area contributed by atoms with Crippen molar-refractivity contribution < 1.29 is 27.4 Å². The number of anilines is 1. The van der Waals surface area contributed by atoms with Crippen molar-refractivity contribution in [2.24, 2.45) is 0 Å². The zero-order chi connectivity index (χ0) is 24.5. The molecule has 34 heavy (non-hydrogen) atoms. The second-order valence-electron chi connectivity index (χ2n) is 7.69. The second kappa shape index (κ2) is 9.46. The third kappa shape index (κ3) is 4.50. The maximum Gasteiger partial charge on any atom is 0.416 e. The van der Waals surface area contributed by atoms with Crippen LogP contribution in [0.5, 0.6) is 17.2 Å². The molecular weight excluding hydrogens is 467 g/mol.